The summed E-state index contributed by atoms with van der Waals surface area (Å²) in [7, 11) is 0. The average Bonchev–Trinajstić information content (AvgIpc) is 2.29. The van der Waals surface area contributed by atoms with Gasteiger partial charge >= 0.3 is 5.97 Å². The quantitative estimate of drug-likeness (QED) is 0.795. The predicted molar refractivity (Wildman–Crippen MR) is 53.7 cm³/mol. The van der Waals surface area contributed by atoms with Gasteiger partial charge in [-0.25, -0.2) is 0 Å². The molecule has 1 saturated carbocycles. The maximum atomic E-state index is 10.2. The lowest BCUT2D eigenvalue weighted by Crippen LogP contribution is -2.09. The van der Waals surface area contributed by atoms with Crippen LogP contribution in [0, 0.1) is 0 Å². The first-order valence-corrected chi connectivity index (χ1v) is 5.54. The molecule has 0 amide bonds. The fourth-order valence-electron chi connectivity index (χ4n) is 0.884. The van der Waals surface area contributed by atoms with Gasteiger partial charge in [-0.1, -0.05) is 47.8 Å². The van der Waals surface area contributed by atoms with Crippen molar-refractivity contribution in [3.05, 3.63) is 0 Å². The first-order valence-electron chi connectivity index (χ1n) is 3.16. The summed E-state index contributed by atoms with van der Waals surface area (Å²) in [6, 6.07) is 0. The molecule has 0 saturated heterocycles. The zero-order chi connectivity index (χ0) is 8.70. The van der Waals surface area contributed by atoms with E-state index in [9.17, 15) is 4.79 Å². The van der Waals surface area contributed by atoms with Crippen LogP contribution in [0.5, 0.6) is 0 Å². The molecule has 64 valence electrons. The number of carbonyl (C=O) groups is 1. The topological polar surface area (TPSA) is 37.3 Å². The van der Waals surface area contributed by atoms with E-state index < -0.39 is 5.97 Å². The predicted octanol–water partition coefficient (Wildman–Crippen LogP) is 2.87. The Morgan fingerprint density at radius 2 is 1.91 bits per heavy atom. The molecule has 5 heteroatoms. The number of alkyl halides is 3. The number of hydrogen-bond donors (Lipinski definition) is 1. The second-order valence-corrected chi connectivity index (χ2v) is 8.03. The number of aliphatic carboxylic acids is 1. The summed E-state index contributed by atoms with van der Waals surface area (Å²) < 4.78 is -0.138. The van der Waals surface area contributed by atoms with E-state index in [2.05, 4.69) is 47.8 Å². The van der Waals surface area contributed by atoms with Crippen LogP contribution in [-0.4, -0.2) is 18.6 Å². The molecule has 1 aliphatic carbocycles. The highest BCUT2D eigenvalue weighted by atomic mass is 79.9. The van der Waals surface area contributed by atoms with E-state index in [0.717, 1.165) is 6.42 Å². The van der Waals surface area contributed by atoms with E-state index >= 15 is 0 Å². The number of carboxylic acid groups (broad SMARTS) is 1. The van der Waals surface area contributed by atoms with E-state index in [0.29, 0.717) is 6.42 Å². The van der Waals surface area contributed by atoms with Gasteiger partial charge in [-0.3, -0.25) is 4.79 Å². The molecular formula is C6H7Br3O2. The van der Waals surface area contributed by atoms with Gasteiger partial charge in [-0.2, -0.15) is 0 Å². The third-order valence-corrected chi connectivity index (χ3v) is 6.26. The Morgan fingerprint density at radius 3 is 2.18 bits per heavy atom. The third-order valence-electron chi connectivity index (χ3n) is 1.77. The Hall–Kier alpha value is 0.910. The Bertz CT molecular complexity index is 192. The Morgan fingerprint density at radius 1 is 1.45 bits per heavy atom. The van der Waals surface area contributed by atoms with Gasteiger partial charge in [0.2, 0.25) is 0 Å². The van der Waals surface area contributed by atoms with Crippen LogP contribution in [0.2, 0.25) is 0 Å². The number of rotatable bonds is 3. The lowest BCUT2D eigenvalue weighted by molar-refractivity contribution is -0.137. The molecule has 0 aromatic heterocycles. The minimum atomic E-state index is -0.744. The fraction of sp³-hybridized carbons (Fsp3) is 0.833. The van der Waals surface area contributed by atoms with Crippen LogP contribution >= 0.6 is 47.8 Å². The molecule has 0 radical (unpaired) electrons. The van der Waals surface area contributed by atoms with Crippen molar-refractivity contribution in [3.63, 3.8) is 0 Å². The average molecular weight is 351 g/mol. The largest absolute Gasteiger partial charge is 0.481 e. The minimum absolute atomic E-state index is 0.0572. The third kappa shape index (κ3) is 2.18. The summed E-state index contributed by atoms with van der Waals surface area (Å²) in [5.41, 5.74) is 0. The second kappa shape index (κ2) is 3.00. The van der Waals surface area contributed by atoms with Crippen molar-refractivity contribution >= 4 is 53.8 Å². The Kier molecular flexibility index (Phi) is 2.72. The smallest absolute Gasteiger partial charge is 0.303 e. The van der Waals surface area contributed by atoms with Gasteiger partial charge in [0.25, 0.3) is 0 Å². The normalized spacial score (nSPS) is 33.4. The maximum Gasteiger partial charge on any atom is 0.303 e. The molecule has 1 fully saturated rings. The molecular weight excluding hydrogens is 344 g/mol. The molecule has 1 atom stereocenters. The van der Waals surface area contributed by atoms with Crippen LogP contribution in [-0.2, 0) is 4.79 Å². The lowest BCUT2D eigenvalue weighted by Gasteiger charge is -2.07. The Labute approximate surface area is 90.1 Å². The van der Waals surface area contributed by atoms with Crippen molar-refractivity contribution in [2.24, 2.45) is 0 Å². The van der Waals surface area contributed by atoms with Crippen LogP contribution in [0.1, 0.15) is 19.3 Å². The summed E-state index contributed by atoms with van der Waals surface area (Å²) in [5.74, 6) is -0.744. The standard InChI is InChI=1S/C6H7Br3O2/c7-5(2-1-4(10)11)3-6(5,8)9/h1-3H2,(H,10,11). The zero-order valence-corrected chi connectivity index (χ0v) is 10.4. The van der Waals surface area contributed by atoms with E-state index in [-0.39, 0.29) is 14.0 Å². The highest BCUT2D eigenvalue weighted by Crippen LogP contribution is 2.66. The van der Waals surface area contributed by atoms with Gasteiger partial charge in [0, 0.05) is 6.42 Å². The molecule has 1 rings (SSSR count). The highest BCUT2D eigenvalue weighted by molar-refractivity contribution is 9.26. The van der Waals surface area contributed by atoms with E-state index in [1.54, 1.807) is 0 Å². The molecule has 0 heterocycles. The van der Waals surface area contributed by atoms with Crippen molar-refractivity contribution in [2.45, 2.75) is 26.8 Å². The van der Waals surface area contributed by atoms with Gasteiger partial charge in [0.1, 0.15) is 0 Å². The monoisotopic (exact) mass is 348 g/mol. The minimum Gasteiger partial charge on any atom is -0.481 e. The fourth-order valence-corrected chi connectivity index (χ4v) is 3.61. The number of carboxylic acids is 1. The van der Waals surface area contributed by atoms with Crippen molar-refractivity contribution in [3.8, 4) is 0 Å². The Balaban J connectivity index is 2.35. The van der Waals surface area contributed by atoms with Gasteiger partial charge < -0.3 is 5.11 Å². The summed E-state index contributed by atoms with van der Waals surface area (Å²) in [6.07, 6.45) is 1.79. The molecule has 0 aromatic carbocycles. The summed E-state index contributed by atoms with van der Waals surface area (Å²) >= 11 is 10.4. The van der Waals surface area contributed by atoms with Crippen LogP contribution in [0.15, 0.2) is 0 Å². The molecule has 1 unspecified atom stereocenters. The van der Waals surface area contributed by atoms with E-state index in [1.807, 2.05) is 0 Å². The van der Waals surface area contributed by atoms with Crippen molar-refractivity contribution in [1.29, 1.82) is 0 Å². The van der Waals surface area contributed by atoms with Gasteiger partial charge in [0.15, 0.2) is 0 Å². The van der Waals surface area contributed by atoms with Crippen molar-refractivity contribution in [2.75, 3.05) is 0 Å². The molecule has 0 spiro atoms. The van der Waals surface area contributed by atoms with Crippen LogP contribution in [0.3, 0.4) is 0 Å². The first-order chi connectivity index (χ1) is 4.87. The summed E-state index contributed by atoms with van der Waals surface area (Å²) in [6.45, 7) is 0. The zero-order valence-electron chi connectivity index (χ0n) is 5.61. The van der Waals surface area contributed by atoms with Crippen LogP contribution in [0.4, 0.5) is 0 Å². The number of halogens is 3. The molecule has 2 nitrogen and oxygen atoms in total. The maximum absolute atomic E-state index is 10.2. The molecule has 0 aliphatic heterocycles. The first kappa shape index (κ1) is 9.99. The van der Waals surface area contributed by atoms with Crippen LogP contribution in [0.25, 0.3) is 0 Å². The summed E-state index contributed by atoms with van der Waals surface area (Å²) in [5, 5.41) is 8.42. The second-order valence-electron chi connectivity index (χ2n) is 2.74. The van der Waals surface area contributed by atoms with E-state index in [1.165, 1.54) is 0 Å². The number of hydrogen-bond acceptors (Lipinski definition) is 1. The molecule has 0 aromatic rings. The van der Waals surface area contributed by atoms with Gasteiger partial charge in [-0.05, 0) is 12.8 Å². The van der Waals surface area contributed by atoms with Gasteiger partial charge in [0.05, 0.1) is 7.56 Å². The van der Waals surface area contributed by atoms with Crippen LogP contribution < -0.4 is 0 Å². The summed E-state index contributed by atoms with van der Waals surface area (Å²) in [4.78, 5) is 10.2. The SMILES string of the molecule is O=C(O)CCC1(Br)CC1(Br)Br. The lowest BCUT2D eigenvalue weighted by atomic mass is 10.2. The molecule has 0 bridgehead atoms. The molecule has 11 heavy (non-hydrogen) atoms. The van der Waals surface area contributed by atoms with Gasteiger partial charge in [-0.15, -0.1) is 0 Å². The molecule has 1 aliphatic rings. The van der Waals surface area contributed by atoms with Crippen molar-refractivity contribution < 1.29 is 9.90 Å². The molecule has 1 N–H and O–H groups in total. The van der Waals surface area contributed by atoms with Crippen molar-refractivity contribution in [1.82, 2.24) is 0 Å². The van der Waals surface area contributed by atoms with E-state index in [4.69, 9.17) is 5.11 Å². The highest BCUT2D eigenvalue weighted by Gasteiger charge is 2.63.